The summed E-state index contributed by atoms with van der Waals surface area (Å²) in [6, 6.07) is 10.4. The van der Waals surface area contributed by atoms with Gasteiger partial charge in [0.05, 0.1) is 6.61 Å². The zero-order chi connectivity index (χ0) is 12.2. The van der Waals surface area contributed by atoms with Crippen LogP contribution in [0.25, 0.3) is 0 Å². The second-order valence-electron chi connectivity index (χ2n) is 4.31. The van der Waals surface area contributed by atoms with Gasteiger partial charge in [0.1, 0.15) is 0 Å². The topological polar surface area (TPSA) is 21.3 Å². The van der Waals surface area contributed by atoms with Crippen LogP contribution in [-0.2, 0) is 11.3 Å². The summed E-state index contributed by atoms with van der Waals surface area (Å²) in [5.74, 6) is 0. The maximum atomic E-state index is 5.63. The molecule has 0 aromatic heterocycles. The molecule has 1 aromatic carbocycles. The van der Waals surface area contributed by atoms with E-state index in [0.29, 0.717) is 0 Å². The molecular formula is C15H25NO. The number of hydrogen-bond acceptors (Lipinski definition) is 2. The highest BCUT2D eigenvalue weighted by atomic mass is 16.5. The van der Waals surface area contributed by atoms with Gasteiger partial charge in [-0.25, -0.2) is 0 Å². The summed E-state index contributed by atoms with van der Waals surface area (Å²) in [4.78, 5) is 0. The number of benzene rings is 1. The van der Waals surface area contributed by atoms with Crippen LogP contribution in [0.5, 0.6) is 0 Å². The van der Waals surface area contributed by atoms with Gasteiger partial charge in [0, 0.05) is 6.61 Å². The van der Waals surface area contributed by atoms with E-state index in [1.807, 2.05) is 6.07 Å². The molecule has 0 aliphatic carbocycles. The maximum absolute atomic E-state index is 5.63. The van der Waals surface area contributed by atoms with Gasteiger partial charge in [-0.05, 0) is 31.5 Å². The predicted octanol–water partition coefficient (Wildman–Crippen LogP) is 3.37. The molecular weight excluding hydrogens is 210 g/mol. The Kier molecular flexibility index (Phi) is 8.61. The number of hydrogen-bond donors (Lipinski definition) is 1. The number of nitrogens with one attached hydrogen (secondary N) is 1. The van der Waals surface area contributed by atoms with Gasteiger partial charge in [0.2, 0.25) is 0 Å². The Bertz CT molecular complexity index is 261. The van der Waals surface area contributed by atoms with Crippen LogP contribution in [0.2, 0.25) is 0 Å². The van der Waals surface area contributed by atoms with E-state index in [2.05, 4.69) is 36.5 Å². The quantitative estimate of drug-likeness (QED) is 0.628. The second-order valence-corrected chi connectivity index (χ2v) is 4.31. The lowest BCUT2D eigenvalue weighted by atomic mass is 10.2. The molecule has 0 aliphatic heterocycles. The van der Waals surface area contributed by atoms with Crippen LogP contribution in [0.4, 0.5) is 0 Å². The predicted molar refractivity (Wildman–Crippen MR) is 73.1 cm³/mol. The molecule has 2 heteroatoms. The van der Waals surface area contributed by atoms with E-state index in [1.165, 1.54) is 31.2 Å². The molecule has 1 aromatic rings. The van der Waals surface area contributed by atoms with Crippen molar-refractivity contribution in [3.8, 4) is 0 Å². The molecule has 0 radical (unpaired) electrons. The monoisotopic (exact) mass is 235 g/mol. The van der Waals surface area contributed by atoms with Crippen molar-refractivity contribution in [3.63, 3.8) is 0 Å². The first-order valence-electron chi connectivity index (χ1n) is 6.76. The fourth-order valence-electron chi connectivity index (χ4n) is 1.75. The molecule has 0 amide bonds. The molecule has 2 nitrogen and oxygen atoms in total. The van der Waals surface area contributed by atoms with Crippen molar-refractivity contribution in [2.24, 2.45) is 0 Å². The molecule has 0 atom stereocenters. The summed E-state index contributed by atoms with van der Waals surface area (Å²) in [7, 11) is 0. The number of unbranched alkanes of at least 4 members (excludes halogenated alkanes) is 3. The zero-order valence-electron chi connectivity index (χ0n) is 11.0. The molecule has 0 saturated carbocycles. The number of ether oxygens (including phenoxy) is 1. The fraction of sp³-hybridized carbons (Fsp3) is 0.600. The van der Waals surface area contributed by atoms with Crippen molar-refractivity contribution in [1.29, 1.82) is 0 Å². The molecule has 0 unspecified atom stereocenters. The first-order valence-corrected chi connectivity index (χ1v) is 6.76. The summed E-state index contributed by atoms with van der Waals surface area (Å²) in [6.07, 6.45) is 5.05. The van der Waals surface area contributed by atoms with E-state index >= 15 is 0 Å². The molecule has 1 N–H and O–H groups in total. The van der Waals surface area contributed by atoms with Crippen molar-refractivity contribution in [3.05, 3.63) is 35.9 Å². The first-order chi connectivity index (χ1) is 8.43. The minimum absolute atomic E-state index is 0.748. The van der Waals surface area contributed by atoms with Gasteiger partial charge in [-0.3, -0.25) is 0 Å². The normalized spacial score (nSPS) is 10.6. The molecule has 0 saturated heterocycles. The summed E-state index contributed by atoms with van der Waals surface area (Å²) in [5.41, 5.74) is 1.26. The minimum Gasteiger partial charge on any atom is -0.377 e. The van der Waals surface area contributed by atoms with Crippen molar-refractivity contribution < 1.29 is 4.74 Å². The lowest BCUT2D eigenvalue weighted by Crippen LogP contribution is -2.13. The average Bonchev–Trinajstić information content (AvgIpc) is 2.38. The molecule has 1 rings (SSSR count). The standard InChI is InChI=1S/C15H25NO/c1-2-16-12-8-3-4-9-13-17-14-15-10-6-5-7-11-15/h5-7,10-11,16H,2-4,8-9,12-14H2,1H3. The first kappa shape index (κ1) is 14.2. The van der Waals surface area contributed by atoms with Gasteiger partial charge < -0.3 is 10.1 Å². The van der Waals surface area contributed by atoms with E-state index in [4.69, 9.17) is 4.74 Å². The molecule has 0 bridgehead atoms. The third-order valence-electron chi connectivity index (χ3n) is 2.75. The molecule has 0 heterocycles. The molecule has 17 heavy (non-hydrogen) atoms. The van der Waals surface area contributed by atoms with E-state index in [1.54, 1.807) is 0 Å². The largest absolute Gasteiger partial charge is 0.377 e. The Labute approximate surface area is 105 Å². The lowest BCUT2D eigenvalue weighted by Gasteiger charge is -2.04. The van der Waals surface area contributed by atoms with Crippen molar-refractivity contribution in [2.45, 2.75) is 39.2 Å². The molecule has 0 spiro atoms. The van der Waals surface area contributed by atoms with Crippen molar-refractivity contribution in [1.82, 2.24) is 5.32 Å². The number of rotatable bonds is 10. The molecule has 0 aliphatic rings. The van der Waals surface area contributed by atoms with Crippen molar-refractivity contribution in [2.75, 3.05) is 19.7 Å². The van der Waals surface area contributed by atoms with Crippen LogP contribution in [-0.4, -0.2) is 19.7 Å². The second kappa shape index (κ2) is 10.3. The van der Waals surface area contributed by atoms with Gasteiger partial charge in [0.25, 0.3) is 0 Å². The summed E-state index contributed by atoms with van der Waals surface area (Å²) in [6.45, 7) is 6.02. The Morgan fingerprint density at radius 3 is 2.53 bits per heavy atom. The van der Waals surface area contributed by atoms with Crippen LogP contribution >= 0.6 is 0 Å². The van der Waals surface area contributed by atoms with E-state index < -0.39 is 0 Å². The summed E-state index contributed by atoms with van der Waals surface area (Å²) in [5, 5.41) is 3.34. The van der Waals surface area contributed by atoms with E-state index in [-0.39, 0.29) is 0 Å². The minimum atomic E-state index is 0.748. The zero-order valence-corrected chi connectivity index (χ0v) is 11.0. The van der Waals surface area contributed by atoms with E-state index in [0.717, 1.165) is 26.3 Å². The van der Waals surface area contributed by atoms with Gasteiger partial charge in [-0.15, -0.1) is 0 Å². The third kappa shape index (κ3) is 7.94. The highest BCUT2D eigenvalue weighted by Gasteiger charge is 1.93. The third-order valence-corrected chi connectivity index (χ3v) is 2.75. The Morgan fingerprint density at radius 1 is 1.00 bits per heavy atom. The van der Waals surface area contributed by atoms with Crippen LogP contribution < -0.4 is 5.32 Å². The Morgan fingerprint density at radius 2 is 1.76 bits per heavy atom. The van der Waals surface area contributed by atoms with Crippen LogP contribution in [0.15, 0.2) is 30.3 Å². The smallest absolute Gasteiger partial charge is 0.0716 e. The van der Waals surface area contributed by atoms with Gasteiger partial charge in [-0.1, -0.05) is 50.1 Å². The summed E-state index contributed by atoms with van der Waals surface area (Å²) < 4.78 is 5.63. The Balaban J connectivity index is 1.85. The SMILES string of the molecule is CCNCCCCCCOCc1ccccc1. The average molecular weight is 235 g/mol. The molecule has 0 fully saturated rings. The van der Waals surface area contributed by atoms with Gasteiger partial charge in [-0.2, -0.15) is 0 Å². The lowest BCUT2D eigenvalue weighted by molar-refractivity contribution is 0.116. The Hall–Kier alpha value is -0.860. The van der Waals surface area contributed by atoms with Crippen LogP contribution in [0.3, 0.4) is 0 Å². The van der Waals surface area contributed by atoms with Crippen LogP contribution in [0, 0.1) is 0 Å². The van der Waals surface area contributed by atoms with E-state index in [9.17, 15) is 0 Å². The maximum Gasteiger partial charge on any atom is 0.0716 e. The van der Waals surface area contributed by atoms with Crippen LogP contribution in [0.1, 0.15) is 38.2 Å². The van der Waals surface area contributed by atoms with Gasteiger partial charge >= 0.3 is 0 Å². The molecule has 96 valence electrons. The highest BCUT2D eigenvalue weighted by Crippen LogP contribution is 2.03. The highest BCUT2D eigenvalue weighted by molar-refractivity contribution is 5.13. The summed E-state index contributed by atoms with van der Waals surface area (Å²) >= 11 is 0. The van der Waals surface area contributed by atoms with Crippen molar-refractivity contribution >= 4 is 0 Å². The fourth-order valence-corrected chi connectivity index (χ4v) is 1.75. The van der Waals surface area contributed by atoms with Gasteiger partial charge in [0.15, 0.2) is 0 Å².